The van der Waals surface area contributed by atoms with Gasteiger partial charge in [0.25, 0.3) is 5.91 Å². The Hall–Kier alpha value is -1.33. The van der Waals surface area contributed by atoms with Crippen LogP contribution in [0.1, 0.15) is 29.7 Å². The Labute approximate surface area is 101 Å². The number of nitrogens with one attached hydrogen (secondary N) is 1. The zero-order chi connectivity index (χ0) is 12.7. The lowest BCUT2D eigenvalue weighted by Crippen LogP contribution is -2.39. The summed E-state index contributed by atoms with van der Waals surface area (Å²) >= 11 is 0. The van der Waals surface area contributed by atoms with E-state index < -0.39 is 0 Å². The van der Waals surface area contributed by atoms with Crippen LogP contribution in [-0.4, -0.2) is 32.2 Å². The maximum atomic E-state index is 11.8. The first-order valence-electron chi connectivity index (χ1n) is 5.79. The van der Waals surface area contributed by atoms with E-state index in [1.54, 1.807) is 13.2 Å². The molecule has 0 fully saturated rings. The molecule has 0 aromatic carbocycles. The molecule has 17 heavy (non-hydrogen) atoms. The van der Waals surface area contributed by atoms with Gasteiger partial charge in [-0.3, -0.25) is 4.79 Å². The van der Waals surface area contributed by atoms with Crippen molar-refractivity contribution in [3.05, 3.63) is 23.7 Å². The molecule has 96 valence electrons. The van der Waals surface area contributed by atoms with E-state index >= 15 is 0 Å². The Morgan fingerprint density at radius 2 is 2.35 bits per heavy atom. The molecule has 1 atom stereocenters. The molecule has 0 saturated carbocycles. The maximum Gasteiger partial charge on any atom is 0.287 e. The van der Waals surface area contributed by atoms with E-state index in [1.807, 2.05) is 13.0 Å². The highest BCUT2D eigenvalue weighted by molar-refractivity contribution is 5.91. The Morgan fingerprint density at radius 3 is 2.88 bits per heavy atom. The Kier molecular flexibility index (Phi) is 5.72. The molecule has 3 N–H and O–H groups in total. The molecule has 0 bridgehead atoms. The molecule has 0 aliphatic carbocycles. The van der Waals surface area contributed by atoms with Gasteiger partial charge in [-0.15, -0.1) is 0 Å². The number of methoxy groups -OCH3 is 1. The number of furan rings is 1. The summed E-state index contributed by atoms with van der Waals surface area (Å²) in [4.78, 5) is 11.8. The van der Waals surface area contributed by atoms with Crippen LogP contribution < -0.4 is 11.1 Å². The fourth-order valence-corrected chi connectivity index (χ4v) is 1.55. The molecule has 1 amide bonds. The third-order valence-electron chi connectivity index (χ3n) is 2.45. The minimum Gasteiger partial charge on any atom is -0.456 e. The lowest BCUT2D eigenvalue weighted by molar-refractivity contribution is 0.0864. The van der Waals surface area contributed by atoms with Crippen molar-refractivity contribution in [1.82, 2.24) is 5.32 Å². The standard InChI is InChI=1S/C12H20N2O3/c1-3-10-4-5-11(17-10)12(15)14-9(6-7-13)8-16-2/h4-5,9H,3,6-8,13H2,1-2H3,(H,14,15). The van der Waals surface area contributed by atoms with Crippen molar-refractivity contribution in [3.8, 4) is 0 Å². The number of hydrogen-bond donors (Lipinski definition) is 2. The van der Waals surface area contributed by atoms with Crippen LogP contribution in [-0.2, 0) is 11.2 Å². The predicted octanol–water partition coefficient (Wildman–Crippen LogP) is 0.936. The van der Waals surface area contributed by atoms with Gasteiger partial charge >= 0.3 is 0 Å². The normalized spacial score (nSPS) is 12.4. The van der Waals surface area contributed by atoms with Gasteiger partial charge in [0.2, 0.25) is 0 Å². The Balaban J connectivity index is 2.56. The number of rotatable bonds is 7. The summed E-state index contributed by atoms with van der Waals surface area (Å²) in [6.45, 7) is 2.93. The van der Waals surface area contributed by atoms with E-state index in [9.17, 15) is 4.79 Å². The first-order chi connectivity index (χ1) is 8.21. The van der Waals surface area contributed by atoms with Crippen molar-refractivity contribution in [2.24, 2.45) is 5.73 Å². The summed E-state index contributed by atoms with van der Waals surface area (Å²) < 4.78 is 10.4. The average Bonchev–Trinajstić information content (AvgIpc) is 2.78. The van der Waals surface area contributed by atoms with Crippen LogP contribution in [0.15, 0.2) is 16.5 Å². The molecule has 0 radical (unpaired) electrons. The summed E-state index contributed by atoms with van der Waals surface area (Å²) in [6, 6.07) is 3.41. The molecule has 1 unspecified atom stereocenters. The topological polar surface area (TPSA) is 77.5 Å². The molecular formula is C12H20N2O3. The number of amides is 1. The highest BCUT2D eigenvalue weighted by Crippen LogP contribution is 2.08. The van der Waals surface area contributed by atoms with Crippen LogP contribution in [0.2, 0.25) is 0 Å². The summed E-state index contributed by atoms with van der Waals surface area (Å²) in [5.74, 6) is 0.914. The number of carbonyl (C=O) groups is 1. The fourth-order valence-electron chi connectivity index (χ4n) is 1.55. The maximum absolute atomic E-state index is 11.8. The minimum absolute atomic E-state index is 0.0762. The molecule has 1 rings (SSSR count). The second-order valence-electron chi connectivity index (χ2n) is 3.82. The van der Waals surface area contributed by atoms with E-state index in [4.69, 9.17) is 14.9 Å². The molecule has 5 nitrogen and oxygen atoms in total. The highest BCUT2D eigenvalue weighted by Gasteiger charge is 2.15. The van der Waals surface area contributed by atoms with Crippen LogP contribution in [0, 0.1) is 0 Å². The highest BCUT2D eigenvalue weighted by atomic mass is 16.5. The monoisotopic (exact) mass is 240 g/mol. The zero-order valence-corrected chi connectivity index (χ0v) is 10.4. The number of nitrogens with two attached hydrogens (primary N) is 1. The average molecular weight is 240 g/mol. The second-order valence-corrected chi connectivity index (χ2v) is 3.82. The van der Waals surface area contributed by atoms with Gasteiger partial charge in [-0.25, -0.2) is 0 Å². The van der Waals surface area contributed by atoms with Crippen molar-refractivity contribution >= 4 is 5.91 Å². The van der Waals surface area contributed by atoms with Gasteiger partial charge in [0.1, 0.15) is 5.76 Å². The SMILES string of the molecule is CCc1ccc(C(=O)NC(CCN)COC)o1. The Bertz CT molecular complexity index is 343. The van der Waals surface area contributed by atoms with Gasteiger partial charge in [-0.2, -0.15) is 0 Å². The minimum atomic E-state index is -0.222. The Morgan fingerprint density at radius 1 is 1.59 bits per heavy atom. The van der Waals surface area contributed by atoms with Crippen LogP contribution in [0.4, 0.5) is 0 Å². The van der Waals surface area contributed by atoms with Gasteiger partial charge in [0.05, 0.1) is 12.6 Å². The summed E-state index contributed by atoms with van der Waals surface area (Å²) in [7, 11) is 1.59. The smallest absolute Gasteiger partial charge is 0.287 e. The summed E-state index contributed by atoms with van der Waals surface area (Å²) in [6.07, 6.45) is 1.46. The van der Waals surface area contributed by atoms with Gasteiger partial charge in [0, 0.05) is 13.5 Å². The van der Waals surface area contributed by atoms with Crippen molar-refractivity contribution in [3.63, 3.8) is 0 Å². The van der Waals surface area contributed by atoms with E-state index in [-0.39, 0.29) is 11.9 Å². The molecule has 0 aliphatic heterocycles. The molecule has 1 aromatic rings. The molecule has 5 heteroatoms. The zero-order valence-electron chi connectivity index (χ0n) is 10.4. The first-order valence-corrected chi connectivity index (χ1v) is 5.79. The van der Waals surface area contributed by atoms with Crippen molar-refractivity contribution in [1.29, 1.82) is 0 Å². The third-order valence-corrected chi connectivity index (χ3v) is 2.45. The molecular weight excluding hydrogens is 220 g/mol. The van der Waals surface area contributed by atoms with Crippen LogP contribution in [0.25, 0.3) is 0 Å². The van der Waals surface area contributed by atoms with Crippen LogP contribution in [0.3, 0.4) is 0 Å². The van der Waals surface area contributed by atoms with Gasteiger partial charge in [-0.05, 0) is 25.1 Å². The van der Waals surface area contributed by atoms with E-state index in [0.29, 0.717) is 25.3 Å². The van der Waals surface area contributed by atoms with Crippen molar-refractivity contribution in [2.75, 3.05) is 20.3 Å². The number of ether oxygens (including phenoxy) is 1. The number of carbonyl (C=O) groups excluding carboxylic acids is 1. The summed E-state index contributed by atoms with van der Waals surface area (Å²) in [5.41, 5.74) is 5.47. The lowest BCUT2D eigenvalue weighted by Gasteiger charge is -2.15. The van der Waals surface area contributed by atoms with E-state index in [1.165, 1.54) is 0 Å². The predicted molar refractivity (Wildman–Crippen MR) is 64.9 cm³/mol. The molecule has 1 aromatic heterocycles. The fraction of sp³-hybridized carbons (Fsp3) is 0.583. The lowest BCUT2D eigenvalue weighted by atomic mass is 10.2. The molecule has 0 aliphatic rings. The molecule has 0 saturated heterocycles. The molecule has 0 spiro atoms. The number of aryl methyl sites for hydroxylation is 1. The third kappa shape index (κ3) is 4.20. The van der Waals surface area contributed by atoms with Gasteiger partial charge in [-0.1, -0.05) is 6.92 Å². The second kappa shape index (κ2) is 7.09. The van der Waals surface area contributed by atoms with Crippen LogP contribution in [0.5, 0.6) is 0 Å². The first kappa shape index (κ1) is 13.7. The van der Waals surface area contributed by atoms with Gasteiger partial charge < -0.3 is 20.2 Å². The van der Waals surface area contributed by atoms with Crippen molar-refractivity contribution < 1.29 is 13.9 Å². The largest absolute Gasteiger partial charge is 0.456 e. The van der Waals surface area contributed by atoms with E-state index in [0.717, 1.165) is 12.2 Å². The van der Waals surface area contributed by atoms with Crippen LogP contribution >= 0.6 is 0 Å². The molecule has 1 heterocycles. The van der Waals surface area contributed by atoms with E-state index in [2.05, 4.69) is 5.32 Å². The van der Waals surface area contributed by atoms with Crippen molar-refractivity contribution in [2.45, 2.75) is 25.8 Å². The number of hydrogen-bond acceptors (Lipinski definition) is 4. The summed E-state index contributed by atoms with van der Waals surface area (Å²) in [5, 5.41) is 2.83. The van der Waals surface area contributed by atoms with Gasteiger partial charge in [0.15, 0.2) is 5.76 Å². The quantitative estimate of drug-likeness (QED) is 0.743.